The predicted octanol–water partition coefficient (Wildman–Crippen LogP) is 5.38. The molecule has 2 aliphatic heterocycles. The number of nitrogens with zero attached hydrogens (tertiary/aromatic N) is 3. The monoisotopic (exact) mass is 699 g/mol. The highest BCUT2D eigenvalue weighted by Gasteiger charge is 2.50. The van der Waals surface area contributed by atoms with Crippen LogP contribution in [0.5, 0.6) is 5.88 Å². The summed E-state index contributed by atoms with van der Waals surface area (Å²) in [5, 5.41) is 0. The van der Waals surface area contributed by atoms with Crippen molar-refractivity contribution in [1.29, 1.82) is 0 Å². The summed E-state index contributed by atoms with van der Waals surface area (Å²) in [6, 6.07) is 31.6. The van der Waals surface area contributed by atoms with Crippen molar-refractivity contribution in [3.8, 4) is 5.88 Å². The average molecular weight is 700 g/mol. The molecule has 0 radical (unpaired) electrons. The Morgan fingerprint density at radius 2 is 1.27 bits per heavy atom. The van der Waals surface area contributed by atoms with Crippen LogP contribution in [0.15, 0.2) is 108 Å². The zero-order valence-corrected chi connectivity index (χ0v) is 29.9. The van der Waals surface area contributed by atoms with Gasteiger partial charge in [-0.2, -0.15) is 4.98 Å². The maximum absolute atomic E-state index is 13.0. The van der Waals surface area contributed by atoms with E-state index in [0.717, 1.165) is 16.7 Å². The summed E-state index contributed by atoms with van der Waals surface area (Å²) in [6.45, 7) is 5.06. The zero-order valence-electron chi connectivity index (χ0n) is 29.9. The minimum atomic E-state index is -0.818. The Morgan fingerprint density at radius 1 is 0.725 bits per heavy atom. The minimum absolute atomic E-state index is 0.127. The fourth-order valence-electron chi connectivity index (χ4n) is 6.93. The van der Waals surface area contributed by atoms with Gasteiger partial charge < -0.3 is 38.1 Å². The molecule has 0 aliphatic carbocycles. The van der Waals surface area contributed by atoms with Crippen molar-refractivity contribution in [2.75, 3.05) is 21.2 Å². The molecule has 2 fully saturated rings. The van der Waals surface area contributed by atoms with Gasteiger partial charge in [-0.05, 0) is 44.6 Å². The van der Waals surface area contributed by atoms with Crippen molar-refractivity contribution < 1.29 is 33.2 Å². The molecule has 4 aromatic rings. The molecule has 6 rings (SSSR count). The van der Waals surface area contributed by atoms with Crippen molar-refractivity contribution in [3.63, 3.8) is 0 Å². The smallest absolute Gasteiger partial charge is 0.352 e. The van der Waals surface area contributed by atoms with E-state index in [1.165, 1.54) is 11.7 Å². The van der Waals surface area contributed by atoms with Gasteiger partial charge >= 0.3 is 5.69 Å². The molecule has 272 valence electrons. The van der Waals surface area contributed by atoms with E-state index >= 15 is 0 Å². The summed E-state index contributed by atoms with van der Waals surface area (Å²) in [5.74, 6) is 0.239. The average Bonchev–Trinajstić information content (AvgIpc) is 3.14. The summed E-state index contributed by atoms with van der Waals surface area (Å²) in [7, 11) is 5.53. The van der Waals surface area contributed by atoms with Gasteiger partial charge in [0, 0.05) is 18.7 Å². The highest BCUT2D eigenvalue weighted by molar-refractivity contribution is 5.16. The second-order valence-electron chi connectivity index (χ2n) is 13.3. The molecule has 0 N–H and O–H groups in total. The summed E-state index contributed by atoms with van der Waals surface area (Å²) in [4.78, 5) is 19.2. The van der Waals surface area contributed by atoms with Crippen LogP contribution in [0.25, 0.3) is 0 Å². The van der Waals surface area contributed by atoms with Gasteiger partial charge in [0.25, 0.3) is 0 Å². The first-order valence-electron chi connectivity index (χ1n) is 17.5. The number of likely N-dealkylation sites (N-methyl/N-ethyl adjacent to an activating group) is 1. The summed E-state index contributed by atoms with van der Waals surface area (Å²) in [5.41, 5.74) is 2.63. The SMILES string of the molecule is COc1ccn([C@H]2C[C@@H](OCc3ccccc3)[C@H](O[C@H]3O[C@H](C)[C@@H](N(C)C)[C@H](OCc4ccccc4)[C@H]3OCc3ccccc3)[C@@H](C)O2)c(=O)n1. The highest BCUT2D eigenvalue weighted by atomic mass is 16.7. The van der Waals surface area contributed by atoms with Crippen LogP contribution in [-0.4, -0.2) is 84.6 Å². The van der Waals surface area contributed by atoms with E-state index in [9.17, 15) is 4.79 Å². The molecule has 2 aliphatic rings. The first kappa shape index (κ1) is 36.8. The molecule has 9 atom stereocenters. The van der Waals surface area contributed by atoms with Crippen molar-refractivity contribution in [3.05, 3.63) is 130 Å². The number of rotatable bonds is 14. The molecule has 51 heavy (non-hydrogen) atoms. The molecule has 3 aromatic carbocycles. The summed E-state index contributed by atoms with van der Waals surface area (Å²) in [6.07, 6.45) is -2.30. The zero-order chi connectivity index (χ0) is 35.7. The molecule has 11 nitrogen and oxygen atoms in total. The Kier molecular flexibility index (Phi) is 12.7. The molecule has 0 saturated carbocycles. The van der Waals surface area contributed by atoms with Gasteiger partial charge in [-0.3, -0.25) is 4.57 Å². The molecule has 2 saturated heterocycles. The minimum Gasteiger partial charge on any atom is -0.481 e. The third kappa shape index (κ3) is 9.30. The van der Waals surface area contributed by atoms with Crippen LogP contribution in [0.1, 0.15) is 43.2 Å². The second kappa shape index (κ2) is 17.5. The number of ether oxygens (including phenoxy) is 7. The fourth-order valence-corrected chi connectivity index (χ4v) is 6.93. The molecule has 0 amide bonds. The Morgan fingerprint density at radius 3 is 1.80 bits per heavy atom. The third-order valence-electron chi connectivity index (χ3n) is 9.48. The molecular weight excluding hydrogens is 650 g/mol. The van der Waals surface area contributed by atoms with Crippen LogP contribution < -0.4 is 10.4 Å². The number of hydrogen-bond acceptors (Lipinski definition) is 10. The lowest BCUT2D eigenvalue weighted by molar-refractivity contribution is -0.337. The van der Waals surface area contributed by atoms with E-state index in [0.29, 0.717) is 26.2 Å². The van der Waals surface area contributed by atoms with Gasteiger partial charge in [-0.25, -0.2) is 4.79 Å². The quantitative estimate of drug-likeness (QED) is 0.171. The first-order chi connectivity index (χ1) is 24.8. The van der Waals surface area contributed by atoms with Gasteiger partial charge in [0.1, 0.15) is 24.5 Å². The van der Waals surface area contributed by atoms with E-state index in [-0.39, 0.29) is 18.0 Å². The van der Waals surface area contributed by atoms with Crippen molar-refractivity contribution in [2.45, 2.75) is 95.3 Å². The summed E-state index contributed by atoms with van der Waals surface area (Å²) < 4.78 is 46.9. The first-order valence-corrected chi connectivity index (χ1v) is 17.5. The topological polar surface area (TPSA) is 103 Å². The second-order valence-corrected chi connectivity index (χ2v) is 13.3. The Hall–Kier alpha value is -3.94. The molecule has 0 bridgehead atoms. The normalized spacial score (nSPS) is 28.1. The highest BCUT2D eigenvalue weighted by Crippen LogP contribution is 2.36. The largest absolute Gasteiger partial charge is 0.481 e. The van der Waals surface area contributed by atoms with E-state index < -0.39 is 48.7 Å². The number of aromatic nitrogens is 2. The van der Waals surface area contributed by atoms with Crippen molar-refractivity contribution >= 4 is 0 Å². The van der Waals surface area contributed by atoms with Crippen LogP contribution in [-0.2, 0) is 48.2 Å². The van der Waals surface area contributed by atoms with Crippen LogP contribution in [0.3, 0.4) is 0 Å². The lowest BCUT2D eigenvalue weighted by Crippen LogP contribution is -2.64. The van der Waals surface area contributed by atoms with Crippen LogP contribution in [0.2, 0.25) is 0 Å². The van der Waals surface area contributed by atoms with Crippen LogP contribution in [0, 0.1) is 0 Å². The Labute approximate surface area is 300 Å². The maximum atomic E-state index is 13.0. The number of methoxy groups -OCH3 is 1. The van der Waals surface area contributed by atoms with Gasteiger partial charge in [-0.15, -0.1) is 0 Å². The van der Waals surface area contributed by atoms with Crippen LogP contribution in [0.4, 0.5) is 0 Å². The number of hydrogen-bond donors (Lipinski definition) is 0. The van der Waals surface area contributed by atoms with Crippen molar-refractivity contribution in [2.24, 2.45) is 0 Å². The lowest BCUT2D eigenvalue weighted by atomic mass is 9.94. The predicted molar refractivity (Wildman–Crippen MR) is 191 cm³/mol. The Bertz CT molecular complexity index is 1690. The molecular formula is C40H49N3O8. The third-order valence-corrected chi connectivity index (χ3v) is 9.48. The molecule has 11 heteroatoms. The van der Waals surface area contributed by atoms with Crippen LogP contribution >= 0.6 is 0 Å². The maximum Gasteiger partial charge on any atom is 0.352 e. The molecule has 0 unspecified atom stereocenters. The van der Waals surface area contributed by atoms with Gasteiger partial charge in [0.05, 0.1) is 51.3 Å². The molecule has 3 heterocycles. The van der Waals surface area contributed by atoms with E-state index in [1.54, 1.807) is 12.3 Å². The van der Waals surface area contributed by atoms with E-state index in [2.05, 4.69) is 22.0 Å². The standard InChI is InChI=1S/C40H49N3O8/c1-27-35(42(3)4)37(47-25-30-17-11-7-12-18-30)38(48-26-31-19-13-8-14-20-31)39(50-27)51-36-28(2)49-34(43-22-21-33(45-5)41-40(43)44)23-32(36)46-24-29-15-9-6-10-16-29/h6-22,27-28,32,34-39H,23-26H2,1-5H3/t27-,28-,32-,34-,35-,36-,37+,38-,39-/m1/s1. The van der Waals surface area contributed by atoms with Gasteiger partial charge in [0.2, 0.25) is 5.88 Å². The van der Waals surface area contributed by atoms with Gasteiger partial charge in [0.15, 0.2) is 6.29 Å². The fraction of sp³-hybridized carbons (Fsp3) is 0.450. The van der Waals surface area contributed by atoms with E-state index in [4.69, 9.17) is 33.2 Å². The van der Waals surface area contributed by atoms with Crippen molar-refractivity contribution in [1.82, 2.24) is 14.5 Å². The molecule has 0 spiro atoms. The number of benzene rings is 3. The lowest BCUT2D eigenvalue weighted by Gasteiger charge is -2.49. The van der Waals surface area contributed by atoms with Gasteiger partial charge in [-0.1, -0.05) is 91.0 Å². The van der Waals surface area contributed by atoms with E-state index in [1.807, 2.05) is 107 Å². The Balaban J connectivity index is 1.29. The summed E-state index contributed by atoms with van der Waals surface area (Å²) >= 11 is 0. The molecule has 1 aromatic heterocycles.